The minimum atomic E-state index is -0.313. The average Bonchev–Trinajstić information content (AvgIpc) is 1.96. The van der Waals surface area contributed by atoms with Crippen molar-refractivity contribution in [3.05, 3.63) is 0 Å². The van der Waals surface area contributed by atoms with Crippen LogP contribution >= 0.6 is 12.2 Å². The molecule has 0 saturated heterocycles. The summed E-state index contributed by atoms with van der Waals surface area (Å²) in [4.78, 5) is 13.7. The van der Waals surface area contributed by atoms with Gasteiger partial charge in [-0.3, -0.25) is 4.79 Å². The Hall–Kier alpha value is -0.770. The summed E-state index contributed by atoms with van der Waals surface area (Å²) in [5.74, 6) is -0.313. The van der Waals surface area contributed by atoms with E-state index in [4.69, 9.17) is 4.74 Å². The third-order valence-corrected chi connectivity index (χ3v) is 0.882. The first-order valence-corrected chi connectivity index (χ1v) is 3.43. The van der Waals surface area contributed by atoms with Crippen LogP contribution in [0.3, 0.4) is 0 Å². The molecule has 0 heterocycles. The normalized spacial score (nSPS) is 8.45. The maximum Gasteiger partial charge on any atom is 0.302 e. The van der Waals surface area contributed by atoms with Crippen LogP contribution in [-0.2, 0) is 14.3 Å². The fourth-order valence-electron chi connectivity index (χ4n) is 0.381. The standard InChI is InChI=1S/C6H9NO3S/c1-6(8)10-3-2-9-4-7-5-11/h2-4H2,1H3. The van der Waals surface area contributed by atoms with Crippen LogP contribution in [0.4, 0.5) is 0 Å². The Kier molecular flexibility index (Phi) is 6.82. The van der Waals surface area contributed by atoms with Gasteiger partial charge in [0, 0.05) is 6.92 Å². The van der Waals surface area contributed by atoms with Crippen LogP contribution in [0.15, 0.2) is 4.99 Å². The van der Waals surface area contributed by atoms with Crippen molar-refractivity contribution in [3.63, 3.8) is 0 Å². The molecule has 0 aromatic carbocycles. The van der Waals surface area contributed by atoms with E-state index in [1.165, 1.54) is 6.92 Å². The molecule has 0 unspecified atom stereocenters. The van der Waals surface area contributed by atoms with Crippen molar-refractivity contribution >= 4 is 23.3 Å². The number of hydrogen-bond acceptors (Lipinski definition) is 5. The molecule has 0 aliphatic carbocycles. The second-order valence-electron chi connectivity index (χ2n) is 1.63. The SMILES string of the molecule is CC(=O)OCCOCN=C=S. The van der Waals surface area contributed by atoms with Gasteiger partial charge in [-0.1, -0.05) is 0 Å². The lowest BCUT2D eigenvalue weighted by molar-refractivity contribution is -0.142. The second-order valence-corrected chi connectivity index (χ2v) is 1.81. The summed E-state index contributed by atoms with van der Waals surface area (Å²) in [5.41, 5.74) is 0. The van der Waals surface area contributed by atoms with Crippen molar-refractivity contribution in [2.75, 3.05) is 19.9 Å². The molecular formula is C6H9NO3S. The summed E-state index contributed by atoms with van der Waals surface area (Å²) in [6.07, 6.45) is 0. The number of carbonyl (C=O) groups is 1. The summed E-state index contributed by atoms with van der Waals surface area (Å²) < 4.78 is 9.42. The van der Waals surface area contributed by atoms with Crippen molar-refractivity contribution in [2.45, 2.75) is 6.92 Å². The van der Waals surface area contributed by atoms with Crippen LogP contribution in [-0.4, -0.2) is 31.1 Å². The number of ether oxygens (including phenoxy) is 2. The number of hydrogen-bond donors (Lipinski definition) is 0. The summed E-state index contributed by atoms with van der Waals surface area (Å²) in [6, 6.07) is 0. The van der Waals surface area contributed by atoms with Crippen LogP contribution < -0.4 is 0 Å². The van der Waals surface area contributed by atoms with Crippen molar-refractivity contribution in [1.29, 1.82) is 0 Å². The number of carbonyl (C=O) groups excluding carboxylic acids is 1. The second kappa shape index (κ2) is 7.34. The predicted molar refractivity (Wildman–Crippen MR) is 42.5 cm³/mol. The quantitative estimate of drug-likeness (QED) is 0.266. The van der Waals surface area contributed by atoms with E-state index in [0.717, 1.165) is 0 Å². The largest absolute Gasteiger partial charge is 0.463 e. The van der Waals surface area contributed by atoms with E-state index in [1.807, 2.05) is 0 Å². The van der Waals surface area contributed by atoms with E-state index in [0.29, 0.717) is 6.61 Å². The van der Waals surface area contributed by atoms with Crippen LogP contribution in [0.5, 0.6) is 0 Å². The van der Waals surface area contributed by atoms with Gasteiger partial charge in [0.2, 0.25) is 0 Å². The van der Waals surface area contributed by atoms with E-state index in [1.54, 1.807) is 0 Å². The molecule has 0 rings (SSSR count). The molecule has 0 aliphatic heterocycles. The van der Waals surface area contributed by atoms with Crippen LogP contribution in [0.1, 0.15) is 6.92 Å². The van der Waals surface area contributed by atoms with E-state index in [9.17, 15) is 4.79 Å². The van der Waals surface area contributed by atoms with Gasteiger partial charge in [-0.25, -0.2) is 4.99 Å². The minimum absolute atomic E-state index is 0.171. The van der Waals surface area contributed by atoms with Crippen LogP contribution in [0, 0.1) is 0 Å². The van der Waals surface area contributed by atoms with Gasteiger partial charge in [-0.15, -0.1) is 0 Å². The highest BCUT2D eigenvalue weighted by atomic mass is 32.1. The van der Waals surface area contributed by atoms with Gasteiger partial charge >= 0.3 is 5.97 Å². The lowest BCUT2D eigenvalue weighted by atomic mass is 10.7. The first-order chi connectivity index (χ1) is 5.27. The lowest BCUT2D eigenvalue weighted by Gasteiger charge is -1.99. The molecule has 62 valence electrons. The smallest absolute Gasteiger partial charge is 0.302 e. The van der Waals surface area contributed by atoms with Crippen molar-refractivity contribution in [2.24, 2.45) is 4.99 Å². The molecular weight excluding hydrogens is 166 g/mol. The van der Waals surface area contributed by atoms with E-state index >= 15 is 0 Å². The van der Waals surface area contributed by atoms with Gasteiger partial charge in [0.1, 0.15) is 13.3 Å². The van der Waals surface area contributed by atoms with Crippen LogP contribution in [0.2, 0.25) is 0 Å². The lowest BCUT2D eigenvalue weighted by Crippen LogP contribution is -2.07. The summed E-state index contributed by atoms with van der Waals surface area (Å²) in [6.45, 7) is 2.10. The number of nitrogens with zero attached hydrogens (tertiary/aromatic N) is 1. The fourth-order valence-corrected chi connectivity index (χ4v) is 0.434. The molecule has 0 aliphatic rings. The molecule has 0 amide bonds. The Balaban J connectivity index is 3.02. The van der Waals surface area contributed by atoms with Crippen LogP contribution in [0.25, 0.3) is 0 Å². The highest BCUT2D eigenvalue weighted by molar-refractivity contribution is 7.78. The molecule has 0 N–H and O–H groups in total. The zero-order valence-corrected chi connectivity index (χ0v) is 7.02. The van der Waals surface area contributed by atoms with E-state index < -0.39 is 0 Å². The summed E-state index contributed by atoms with van der Waals surface area (Å²) >= 11 is 4.29. The Labute approximate surface area is 70.2 Å². The first kappa shape index (κ1) is 10.2. The Morgan fingerprint density at radius 3 is 2.91 bits per heavy atom. The molecule has 0 saturated carbocycles. The number of aliphatic imine (C=N–C) groups is 1. The third kappa shape index (κ3) is 9.23. The monoisotopic (exact) mass is 175 g/mol. The summed E-state index contributed by atoms with van der Waals surface area (Å²) in [7, 11) is 0. The average molecular weight is 175 g/mol. The number of esters is 1. The first-order valence-electron chi connectivity index (χ1n) is 3.02. The highest BCUT2D eigenvalue weighted by Crippen LogP contribution is 1.79. The molecule has 11 heavy (non-hydrogen) atoms. The molecule has 5 heteroatoms. The Bertz CT molecular complexity index is 161. The zero-order valence-electron chi connectivity index (χ0n) is 6.20. The number of rotatable bonds is 5. The van der Waals surface area contributed by atoms with Gasteiger partial charge < -0.3 is 9.47 Å². The molecule has 4 nitrogen and oxygen atoms in total. The molecule has 0 aromatic rings. The van der Waals surface area contributed by atoms with Crippen molar-refractivity contribution < 1.29 is 14.3 Å². The molecule has 0 aromatic heterocycles. The highest BCUT2D eigenvalue weighted by Gasteiger charge is 1.90. The molecule has 0 radical (unpaired) electrons. The number of thiocarbonyl (C=S) groups is 1. The third-order valence-electron chi connectivity index (χ3n) is 0.753. The van der Waals surface area contributed by atoms with Gasteiger partial charge in [-0.2, -0.15) is 0 Å². The van der Waals surface area contributed by atoms with Crippen molar-refractivity contribution in [3.8, 4) is 0 Å². The maximum absolute atomic E-state index is 10.2. The van der Waals surface area contributed by atoms with Gasteiger partial charge in [0.25, 0.3) is 0 Å². The minimum Gasteiger partial charge on any atom is -0.463 e. The Morgan fingerprint density at radius 2 is 2.36 bits per heavy atom. The maximum atomic E-state index is 10.2. The van der Waals surface area contributed by atoms with Crippen molar-refractivity contribution in [1.82, 2.24) is 0 Å². The molecule has 0 bridgehead atoms. The van der Waals surface area contributed by atoms with E-state index in [-0.39, 0.29) is 19.3 Å². The molecule has 0 atom stereocenters. The topological polar surface area (TPSA) is 47.9 Å². The van der Waals surface area contributed by atoms with Gasteiger partial charge in [0.05, 0.1) is 11.8 Å². The summed E-state index contributed by atoms with van der Waals surface area (Å²) in [5, 5.41) is 2.14. The fraction of sp³-hybridized carbons (Fsp3) is 0.667. The Morgan fingerprint density at radius 1 is 1.64 bits per heavy atom. The van der Waals surface area contributed by atoms with Gasteiger partial charge in [-0.05, 0) is 12.2 Å². The molecule has 0 fully saturated rings. The van der Waals surface area contributed by atoms with E-state index in [2.05, 4.69) is 27.1 Å². The molecule has 0 spiro atoms. The predicted octanol–water partition coefficient (Wildman–Crippen LogP) is 0.626. The zero-order chi connectivity index (χ0) is 8.53. The number of isothiocyanates is 1. The van der Waals surface area contributed by atoms with Gasteiger partial charge in [0.15, 0.2) is 0 Å².